The van der Waals surface area contributed by atoms with E-state index in [4.69, 9.17) is 0 Å². The monoisotopic (exact) mass is 439 g/mol. The molecule has 0 saturated carbocycles. The number of nitrogens with one attached hydrogen (secondary N) is 1. The van der Waals surface area contributed by atoms with Gasteiger partial charge in [-0.15, -0.1) is 11.3 Å². The van der Waals surface area contributed by atoms with Gasteiger partial charge in [-0.1, -0.05) is 18.2 Å². The summed E-state index contributed by atoms with van der Waals surface area (Å²) in [6.45, 7) is 4.73. The minimum absolute atomic E-state index is 0.239. The van der Waals surface area contributed by atoms with E-state index >= 15 is 0 Å². The number of benzene rings is 1. The summed E-state index contributed by atoms with van der Waals surface area (Å²) >= 11 is 4.95. The number of hydrogen-bond donors (Lipinski definition) is 1. The Morgan fingerprint density at radius 3 is 2.64 bits per heavy atom. The van der Waals surface area contributed by atoms with Crippen LogP contribution >= 0.6 is 27.3 Å². The Morgan fingerprint density at radius 2 is 1.96 bits per heavy atom. The lowest BCUT2D eigenvalue weighted by Crippen LogP contribution is -2.28. The van der Waals surface area contributed by atoms with Crippen molar-refractivity contribution in [2.24, 2.45) is 0 Å². The average Bonchev–Trinajstić information content (AvgIpc) is 3.16. The van der Waals surface area contributed by atoms with Gasteiger partial charge in [0.25, 0.3) is 0 Å². The Balaban J connectivity index is 1.73. The summed E-state index contributed by atoms with van der Waals surface area (Å²) in [7, 11) is -3.56. The molecule has 2 heterocycles. The quantitative estimate of drug-likeness (QED) is 0.631. The SMILES string of the molecule is Cc1nn(CCNS(=O)(=O)c2ccccc2Br)c(C)c1-c1cccs1. The van der Waals surface area contributed by atoms with Crippen LogP contribution in [-0.2, 0) is 16.6 Å². The second-order valence-corrected chi connectivity index (χ2v) is 9.11. The van der Waals surface area contributed by atoms with Crippen molar-refractivity contribution in [1.29, 1.82) is 0 Å². The molecule has 1 N–H and O–H groups in total. The zero-order chi connectivity index (χ0) is 18.0. The Bertz CT molecular complexity index is 979. The van der Waals surface area contributed by atoms with E-state index in [1.807, 2.05) is 30.0 Å². The van der Waals surface area contributed by atoms with E-state index in [1.54, 1.807) is 35.6 Å². The fourth-order valence-corrected chi connectivity index (χ4v) is 5.61. The molecule has 0 spiro atoms. The van der Waals surface area contributed by atoms with Crippen molar-refractivity contribution in [2.45, 2.75) is 25.3 Å². The minimum Gasteiger partial charge on any atom is -0.268 e. The van der Waals surface area contributed by atoms with Crippen LogP contribution in [0.5, 0.6) is 0 Å². The Hall–Kier alpha value is -1.48. The van der Waals surface area contributed by atoms with E-state index in [1.165, 1.54) is 4.88 Å². The second-order valence-electron chi connectivity index (χ2n) is 5.57. The van der Waals surface area contributed by atoms with Gasteiger partial charge in [0, 0.05) is 27.2 Å². The average molecular weight is 440 g/mol. The maximum atomic E-state index is 12.4. The first-order valence-corrected chi connectivity index (χ1v) is 10.9. The fourth-order valence-electron chi connectivity index (χ4n) is 2.72. The third-order valence-corrected chi connectivity index (χ3v) is 7.25. The molecule has 1 aromatic carbocycles. The molecular formula is C17H18BrN3O2S2. The van der Waals surface area contributed by atoms with Crippen LogP contribution in [0.25, 0.3) is 10.4 Å². The van der Waals surface area contributed by atoms with E-state index in [9.17, 15) is 8.42 Å². The fraction of sp³-hybridized carbons (Fsp3) is 0.235. The Morgan fingerprint density at radius 1 is 1.20 bits per heavy atom. The highest BCUT2D eigenvalue weighted by atomic mass is 79.9. The van der Waals surface area contributed by atoms with Gasteiger partial charge >= 0.3 is 0 Å². The maximum absolute atomic E-state index is 12.4. The highest BCUT2D eigenvalue weighted by Crippen LogP contribution is 2.30. The Labute approximate surface area is 159 Å². The van der Waals surface area contributed by atoms with Crippen LogP contribution in [0.1, 0.15) is 11.4 Å². The van der Waals surface area contributed by atoms with Crippen molar-refractivity contribution < 1.29 is 8.42 Å². The molecule has 132 valence electrons. The summed E-state index contributed by atoms with van der Waals surface area (Å²) in [6.07, 6.45) is 0. The molecule has 0 unspecified atom stereocenters. The van der Waals surface area contributed by atoms with Crippen LogP contribution in [0.2, 0.25) is 0 Å². The molecule has 0 atom stereocenters. The maximum Gasteiger partial charge on any atom is 0.241 e. The number of aryl methyl sites for hydroxylation is 1. The van der Waals surface area contributed by atoms with Crippen molar-refractivity contribution in [3.8, 4) is 10.4 Å². The van der Waals surface area contributed by atoms with Crippen LogP contribution in [0.15, 0.2) is 51.1 Å². The van der Waals surface area contributed by atoms with Gasteiger partial charge in [-0.3, -0.25) is 4.68 Å². The van der Waals surface area contributed by atoms with Gasteiger partial charge in [0.1, 0.15) is 0 Å². The van der Waals surface area contributed by atoms with Crippen LogP contribution in [-0.4, -0.2) is 24.7 Å². The summed E-state index contributed by atoms with van der Waals surface area (Å²) in [4.78, 5) is 1.41. The molecule has 3 aromatic rings. The van der Waals surface area contributed by atoms with Crippen LogP contribution in [0.3, 0.4) is 0 Å². The smallest absolute Gasteiger partial charge is 0.241 e. The molecule has 0 saturated heterocycles. The van der Waals surface area contributed by atoms with E-state index in [0.717, 1.165) is 17.0 Å². The lowest BCUT2D eigenvalue weighted by Gasteiger charge is -2.09. The van der Waals surface area contributed by atoms with Crippen molar-refractivity contribution in [1.82, 2.24) is 14.5 Å². The van der Waals surface area contributed by atoms with Gasteiger partial charge < -0.3 is 0 Å². The number of hydrogen-bond acceptors (Lipinski definition) is 4. The third-order valence-electron chi connectivity index (χ3n) is 3.89. The zero-order valence-corrected chi connectivity index (χ0v) is 17.1. The number of aromatic nitrogens is 2. The molecule has 25 heavy (non-hydrogen) atoms. The minimum atomic E-state index is -3.56. The van der Waals surface area contributed by atoms with E-state index in [0.29, 0.717) is 11.0 Å². The Kier molecular flexibility index (Phi) is 5.43. The van der Waals surface area contributed by atoms with Crippen molar-refractivity contribution in [3.05, 3.63) is 57.6 Å². The molecule has 0 aliphatic heterocycles. The molecule has 0 amide bonds. The standard InChI is InChI=1S/C17H18BrN3O2S2/c1-12-17(15-7-5-11-24-15)13(2)21(20-12)10-9-19-25(22,23)16-8-4-3-6-14(16)18/h3-8,11,19H,9-10H2,1-2H3. The lowest BCUT2D eigenvalue weighted by molar-refractivity contribution is 0.554. The summed E-state index contributed by atoms with van der Waals surface area (Å²) in [6, 6.07) is 10.9. The number of nitrogens with zero attached hydrogens (tertiary/aromatic N) is 2. The normalized spacial score (nSPS) is 11.8. The van der Waals surface area contributed by atoms with Crippen LogP contribution < -0.4 is 4.72 Å². The third kappa shape index (κ3) is 3.87. The highest BCUT2D eigenvalue weighted by molar-refractivity contribution is 9.10. The molecule has 3 rings (SSSR count). The molecule has 0 radical (unpaired) electrons. The van der Waals surface area contributed by atoms with Gasteiger partial charge in [-0.2, -0.15) is 5.10 Å². The molecule has 0 aliphatic rings. The van der Waals surface area contributed by atoms with E-state index in [2.05, 4.69) is 31.8 Å². The number of halogens is 1. The molecule has 0 fully saturated rings. The van der Waals surface area contributed by atoms with Gasteiger partial charge in [0.15, 0.2) is 0 Å². The summed E-state index contributed by atoms with van der Waals surface area (Å²) in [5, 5.41) is 6.59. The van der Waals surface area contributed by atoms with Gasteiger partial charge in [-0.05, 0) is 53.4 Å². The second kappa shape index (κ2) is 7.41. The largest absolute Gasteiger partial charge is 0.268 e. The van der Waals surface area contributed by atoms with Crippen molar-refractivity contribution in [2.75, 3.05) is 6.54 Å². The molecule has 5 nitrogen and oxygen atoms in total. The number of thiophene rings is 1. The summed E-state index contributed by atoms with van der Waals surface area (Å²) in [5.74, 6) is 0. The number of rotatable bonds is 6. The van der Waals surface area contributed by atoms with Crippen LogP contribution in [0.4, 0.5) is 0 Å². The lowest BCUT2D eigenvalue weighted by atomic mass is 10.1. The molecule has 2 aromatic heterocycles. The van der Waals surface area contributed by atoms with Crippen molar-refractivity contribution >= 4 is 37.3 Å². The summed E-state index contributed by atoms with van der Waals surface area (Å²) in [5.41, 5.74) is 3.12. The summed E-state index contributed by atoms with van der Waals surface area (Å²) < 4.78 is 29.9. The number of sulfonamides is 1. The predicted molar refractivity (Wildman–Crippen MR) is 104 cm³/mol. The van der Waals surface area contributed by atoms with Gasteiger partial charge in [0.05, 0.1) is 17.1 Å². The van der Waals surface area contributed by atoms with E-state index < -0.39 is 10.0 Å². The first-order valence-electron chi connectivity index (χ1n) is 7.72. The van der Waals surface area contributed by atoms with Gasteiger partial charge in [-0.25, -0.2) is 13.1 Å². The zero-order valence-electron chi connectivity index (χ0n) is 13.9. The molecular weight excluding hydrogens is 422 g/mol. The van der Waals surface area contributed by atoms with Gasteiger partial charge in [0.2, 0.25) is 10.0 Å². The topological polar surface area (TPSA) is 64.0 Å². The highest BCUT2D eigenvalue weighted by Gasteiger charge is 2.18. The molecule has 8 heteroatoms. The first kappa shape index (κ1) is 18.3. The molecule has 0 bridgehead atoms. The van der Waals surface area contributed by atoms with E-state index in [-0.39, 0.29) is 11.4 Å². The first-order chi connectivity index (χ1) is 11.9. The molecule has 0 aliphatic carbocycles. The van der Waals surface area contributed by atoms with Crippen LogP contribution in [0, 0.1) is 13.8 Å². The predicted octanol–water partition coefficient (Wildman–Crippen LogP) is 3.97. The van der Waals surface area contributed by atoms with Crippen molar-refractivity contribution in [3.63, 3.8) is 0 Å².